The maximum Gasteiger partial charge on any atom is 0.268 e. The Kier molecular flexibility index (Phi) is 3.88. The van der Waals surface area contributed by atoms with Crippen LogP contribution in [0.5, 0.6) is 5.75 Å². The van der Waals surface area contributed by atoms with Crippen molar-refractivity contribution in [2.24, 2.45) is 0 Å². The van der Waals surface area contributed by atoms with Crippen molar-refractivity contribution in [3.05, 3.63) is 29.8 Å². The van der Waals surface area contributed by atoms with Crippen molar-refractivity contribution in [3.8, 4) is 5.75 Å². The second-order valence-corrected chi connectivity index (χ2v) is 5.64. The van der Waals surface area contributed by atoms with Crippen molar-refractivity contribution in [3.63, 3.8) is 0 Å². The molecule has 1 fully saturated rings. The van der Waals surface area contributed by atoms with Crippen LogP contribution in [0.15, 0.2) is 24.3 Å². The van der Waals surface area contributed by atoms with Crippen LogP contribution in [-0.2, 0) is 15.9 Å². The fourth-order valence-corrected chi connectivity index (χ4v) is 3.15. The van der Waals surface area contributed by atoms with Gasteiger partial charge in [0.05, 0.1) is 6.61 Å². The molecule has 0 unspecified atom stereocenters. The Morgan fingerprint density at radius 3 is 2.73 bits per heavy atom. The molecule has 2 aliphatic rings. The summed E-state index contributed by atoms with van der Waals surface area (Å²) in [5.41, 5.74) is 0.941. The highest BCUT2D eigenvalue weighted by Crippen LogP contribution is 2.46. The fraction of sp³-hybridized carbons (Fsp3) is 0.600. The minimum Gasteiger partial charge on any atom is -0.456 e. The van der Waals surface area contributed by atoms with Gasteiger partial charge in [0.1, 0.15) is 24.1 Å². The third-order valence-corrected chi connectivity index (χ3v) is 4.45. The highest BCUT2D eigenvalue weighted by molar-refractivity contribution is 5.36. The first-order valence-electron chi connectivity index (χ1n) is 7.16. The zero-order valence-corrected chi connectivity index (χ0v) is 12.2. The van der Waals surface area contributed by atoms with Gasteiger partial charge in [-0.1, -0.05) is 18.2 Å². The van der Waals surface area contributed by atoms with Crippen LogP contribution in [0.4, 0.5) is 0 Å². The number of aliphatic hydroxyl groups excluding tert-OH is 3. The lowest BCUT2D eigenvalue weighted by atomic mass is 9.84. The maximum atomic E-state index is 10.8. The van der Waals surface area contributed by atoms with Gasteiger partial charge < -0.3 is 34.6 Å². The number of rotatable bonds is 2. The predicted octanol–water partition coefficient (Wildman–Crippen LogP) is -0.844. The smallest absolute Gasteiger partial charge is 0.268 e. The molecule has 0 bridgehead atoms. The van der Waals surface area contributed by atoms with E-state index in [9.17, 15) is 20.4 Å². The lowest BCUT2D eigenvalue weighted by molar-refractivity contribution is -0.447. The van der Waals surface area contributed by atoms with Crippen LogP contribution in [0.25, 0.3) is 0 Å². The summed E-state index contributed by atoms with van der Waals surface area (Å²) < 4.78 is 16.6. The number of hydrogen-bond donors (Lipinski definition) is 4. The molecule has 2 aliphatic heterocycles. The monoisotopic (exact) mass is 312 g/mol. The first-order chi connectivity index (χ1) is 10.5. The molecule has 7 heteroatoms. The Morgan fingerprint density at radius 1 is 1.32 bits per heavy atom. The van der Waals surface area contributed by atoms with Gasteiger partial charge in [-0.3, -0.25) is 0 Å². The number of para-hydroxylation sites is 1. The number of aliphatic hydroxyl groups is 4. The number of benzene rings is 1. The van der Waals surface area contributed by atoms with Crippen LogP contribution >= 0.6 is 0 Å². The first-order valence-corrected chi connectivity index (χ1v) is 7.16. The minimum absolute atomic E-state index is 0.203. The van der Waals surface area contributed by atoms with Gasteiger partial charge in [-0.25, -0.2) is 0 Å². The van der Waals surface area contributed by atoms with E-state index in [0.717, 1.165) is 5.56 Å². The molecule has 0 amide bonds. The lowest BCUT2D eigenvalue weighted by Crippen LogP contribution is -2.76. The summed E-state index contributed by atoms with van der Waals surface area (Å²) in [4.78, 5) is 0. The fourth-order valence-electron chi connectivity index (χ4n) is 3.15. The molecule has 5 atom stereocenters. The molecule has 1 saturated heterocycles. The SMILES string of the molecule is CO[C@@]1(O)[C@@H](O)[C@H](O)[C@@H](CO)O[C@@]12CCc1ccccc1O2. The molecule has 1 aromatic carbocycles. The van der Waals surface area contributed by atoms with Gasteiger partial charge >= 0.3 is 0 Å². The van der Waals surface area contributed by atoms with E-state index in [2.05, 4.69) is 0 Å². The van der Waals surface area contributed by atoms with Crippen LogP contribution < -0.4 is 4.74 Å². The van der Waals surface area contributed by atoms with E-state index in [1.54, 1.807) is 12.1 Å². The molecular formula is C15H20O7. The summed E-state index contributed by atoms with van der Waals surface area (Å²) in [7, 11) is 1.20. The molecule has 0 saturated carbocycles. The minimum atomic E-state index is -2.26. The Balaban J connectivity index is 2.03. The number of methoxy groups -OCH3 is 1. The molecule has 122 valence electrons. The van der Waals surface area contributed by atoms with Crippen molar-refractivity contribution in [2.75, 3.05) is 13.7 Å². The van der Waals surface area contributed by atoms with Crippen molar-refractivity contribution in [2.45, 2.75) is 42.7 Å². The molecule has 22 heavy (non-hydrogen) atoms. The van der Waals surface area contributed by atoms with Crippen LogP contribution in [-0.4, -0.2) is 64.0 Å². The largest absolute Gasteiger partial charge is 0.456 e. The molecule has 0 aliphatic carbocycles. The lowest BCUT2D eigenvalue weighted by Gasteiger charge is -2.55. The summed E-state index contributed by atoms with van der Waals surface area (Å²) in [5, 5.41) is 40.4. The molecular weight excluding hydrogens is 292 g/mol. The third kappa shape index (κ3) is 2.05. The summed E-state index contributed by atoms with van der Waals surface area (Å²) >= 11 is 0. The molecule has 0 aromatic heterocycles. The van der Waals surface area contributed by atoms with Gasteiger partial charge in [0.25, 0.3) is 11.6 Å². The molecule has 2 heterocycles. The molecule has 1 spiro atoms. The molecule has 4 N–H and O–H groups in total. The Bertz CT molecular complexity index is 550. The maximum absolute atomic E-state index is 10.8. The van der Waals surface area contributed by atoms with E-state index in [1.807, 2.05) is 12.1 Å². The van der Waals surface area contributed by atoms with Crippen molar-refractivity contribution >= 4 is 0 Å². The zero-order chi connectivity index (χ0) is 16.0. The average Bonchev–Trinajstić information content (AvgIpc) is 2.56. The number of hydrogen-bond acceptors (Lipinski definition) is 7. The number of aryl methyl sites for hydroxylation is 1. The standard InChI is InChI=1S/C15H20O7/c1-20-15(19)13(18)12(17)11(8-16)22-14(15)7-6-9-4-2-3-5-10(9)21-14/h2-5,11-13,16-19H,6-8H2,1H3/t11-,12-,13+,14+,15+/m1/s1. The normalized spacial score (nSPS) is 41.0. The Morgan fingerprint density at radius 2 is 2.05 bits per heavy atom. The summed E-state index contributed by atoms with van der Waals surface area (Å²) in [6.45, 7) is -0.523. The van der Waals surface area contributed by atoms with Crippen LogP contribution in [0.1, 0.15) is 12.0 Å². The number of fused-ring (bicyclic) bond motifs is 1. The summed E-state index contributed by atoms with van der Waals surface area (Å²) in [6, 6.07) is 7.27. The zero-order valence-electron chi connectivity index (χ0n) is 12.2. The van der Waals surface area contributed by atoms with E-state index in [1.165, 1.54) is 7.11 Å². The predicted molar refractivity (Wildman–Crippen MR) is 74.1 cm³/mol. The summed E-state index contributed by atoms with van der Waals surface area (Å²) in [5.74, 6) is -3.46. The van der Waals surface area contributed by atoms with Crippen molar-refractivity contribution < 1.29 is 34.6 Å². The van der Waals surface area contributed by atoms with Crippen molar-refractivity contribution in [1.29, 1.82) is 0 Å². The molecule has 0 radical (unpaired) electrons. The van der Waals surface area contributed by atoms with E-state index >= 15 is 0 Å². The molecule has 1 aromatic rings. The Labute approximate surface area is 127 Å². The van der Waals surface area contributed by atoms with E-state index in [4.69, 9.17) is 14.2 Å². The van der Waals surface area contributed by atoms with Gasteiger partial charge in [-0.2, -0.15) is 0 Å². The van der Waals surface area contributed by atoms with Gasteiger partial charge in [0.2, 0.25) is 0 Å². The average molecular weight is 312 g/mol. The highest BCUT2D eigenvalue weighted by atomic mass is 16.8. The van der Waals surface area contributed by atoms with Gasteiger partial charge in [-0.05, 0) is 18.1 Å². The number of ether oxygens (including phenoxy) is 3. The first kappa shape index (κ1) is 15.7. The van der Waals surface area contributed by atoms with E-state index in [-0.39, 0.29) is 6.42 Å². The van der Waals surface area contributed by atoms with E-state index in [0.29, 0.717) is 12.2 Å². The molecule has 3 rings (SSSR count). The summed E-state index contributed by atoms with van der Waals surface area (Å²) in [6.07, 6.45) is -3.54. The van der Waals surface area contributed by atoms with Crippen LogP contribution in [0.3, 0.4) is 0 Å². The molecule has 7 nitrogen and oxygen atoms in total. The Hall–Kier alpha value is -1.22. The second-order valence-electron chi connectivity index (χ2n) is 5.64. The van der Waals surface area contributed by atoms with Gasteiger partial charge in [0.15, 0.2) is 0 Å². The van der Waals surface area contributed by atoms with Crippen LogP contribution in [0.2, 0.25) is 0 Å². The quantitative estimate of drug-likeness (QED) is 0.527. The highest BCUT2D eigenvalue weighted by Gasteiger charge is 2.67. The van der Waals surface area contributed by atoms with Gasteiger partial charge in [0, 0.05) is 13.5 Å². The van der Waals surface area contributed by atoms with Crippen molar-refractivity contribution in [1.82, 2.24) is 0 Å². The second kappa shape index (κ2) is 5.45. The topological polar surface area (TPSA) is 109 Å². The van der Waals surface area contributed by atoms with Gasteiger partial charge in [-0.15, -0.1) is 0 Å². The third-order valence-electron chi connectivity index (χ3n) is 4.45. The van der Waals surface area contributed by atoms with Crippen LogP contribution in [0, 0.1) is 0 Å². The van der Waals surface area contributed by atoms with E-state index < -0.39 is 36.5 Å².